The van der Waals surface area contributed by atoms with Gasteiger partial charge in [0, 0.05) is 11.8 Å². The fourth-order valence-electron chi connectivity index (χ4n) is 1.20. The van der Waals surface area contributed by atoms with Gasteiger partial charge in [-0.15, -0.1) is 0 Å². The Balaban J connectivity index is 3.54. The summed E-state index contributed by atoms with van der Waals surface area (Å²) in [7, 11) is 0. The molecule has 0 radical (unpaired) electrons. The number of alkyl halides is 2. The molecule has 16 heavy (non-hydrogen) atoms. The van der Waals surface area contributed by atoms with Crippen molar-refractivity contribution in [3.63, 3.8) is 0 Å². The number of pyridine rings is 1. The van der Waals surface area contributed by atoms with Crippen LogP contribution in [0.5, 0.6) is 0 Å². The highest BCUT2D eigenvalue weighted by Crippen LogP contribution is 2.31. The van der Waals surface area contributed by atoms with Crippen LogP contribution < -0.4 is 0 Å². The first kappa shape index (κ1) is 12.4. The second-order valence-corrected chi connectivity index (χ2v) is 3.21. The van der Waals surface area contributed by atoms with Crippen LogP contribution in [0, 0.1) is 17.0 Å². The Morgan fingerprint density at radius 1 is 1.62 bits per heavy atom. The van der Waals surface area contributed by atoms with Crippen molar-refractivity contribution in [1.29, 1.82) is 0 Å². The molecule has 0 unspecified atom stereocenters. The van der Waals surface area contributed by atoms with Crippen LogP contribution in [0.25, 0.3) is 0 Å². The molecule has 0 amide bonds. The van der Waals surface area contributed by atoms with Gasteiger partial charge in [0.1, 0.15) is 0 Å². The first-order valence-corrected chi connectivity index (χ1v) is 4.36. The van der Waals surface area contributed by atoms with E-state index in [9.17, 15) is 23.7 Å². The second kappa shape index (κ2) is 4.48. The van der Waals surface area contributed by atoms with Crippen LogP contribution in [0.15, 0.2) is 6.20 Å². The molecular formula is C8H5ClF2N2O3. The van der Waals surface area contributed by atoms with E-state index < -0.39 is 28.0 Å². The van der Waals surface area contributed by atoms with E-state index in [1.165, 1.54) is 6.92 Å². The maximum atomic E-state index is 12.4. The molecule has 0 fully saturated rings. The van der Waals surface area contributed by atoms with Crippen LogP contribution in [-0.2, 0) is 0 Å². The van der Waals surface area contributed by atoms with Gasteiger partial charge in [0.05, 0.1) is 10.5 Å². The Hall–Kier alpha value is -1.63. The first-order chi connectivity index (χ1) is 7.36. The monoisotopic (exact) mass is 250 g/mol. The van der Waals surface area contributed by atoms with Gasteiger partial charge in [-0.05, 0) is 18.5 Å². The number of nitro groups is 1. The molecule has 5 nitrogen and oxygen atoms in total. The maximum absolute atomic E-state index is 12.4. The highest BCUT2D eigenvalue weighted by Gasteiger charge is 2.28. The maximum Gasteiger partial charge on any atom is 0.300 e. The number of hydrogen-bond acceptors (Lipinski definition) is 4. The number of nitrogens with zero attached hydrogens (tertiary/aromatic N) is 2. The summed E-state index contributed by atoms with van der Waals surface area (Å²) in [5.74, 6) is 0. The molecule has 0 aromatic carbocycles. The fourth-order valence-corrected chi connectivity index (χ4v) is 1.39. The molecule has 0 atom stereocenters. The molecule has 0 aliphatic carbocycles. The van der Waals surface area contributed by atoms with Gasteiger partial charge in [-0.3, -0.25) is 14.9 Å². The van der Waals surface area contributed by atoms with Gasteiger partial charge in [0.15, 0.2) is 5.69 Å². The zero-order chi connectivity index (χ0) is 12.5. The molecule has 0 aliphatic heterocycles. The van der Waals surface area contributed by atoms with Crippen LogP contribution in [0.3, 0.4) is 0 Å². The summed E-state index contributed by atoms with van der Waals surface area (Å²) in [6, 6.07) is 0. The summed E-state index contributed by atoms with van der Waals surface area (Å²) in [6.45, 7) is 1.17. The lowest BCUT2D eigenvalue weighted by Gasteiger charge is -2.05. The van der Waals surface area contributed by atoms with Gasteiger partial charge < -0.3 is 0 Å². The molecule has 1 aromatic heterocycles. The van der Waals surface area contributed by atoms with E-state index in [0.717, 1.165) is 6.20 Å². The summed E-state index contributed by atoms with van der Waals surface area (Å²) in [4.78, 5) is 23.6. The number of aromatic nitrogens is 1. The number of carbonyl (C=O) groups is 1. The molecular weight excluding hydrogens is 246 g/mol. The van der Waals surface area contributed by atoms with Gasteiger partial charge >= 0.3 is 0 Å². The molecule has 0 bridgehead atoms. The van der Waals surface area contributed by atoms with Crippen molar-refractivity contribution in [3.05, 3.63) is 33.1 Å². The van der Waals surface area contributed by atoms with Crippen molar-refractivity contribution in [1.82, 2.24) is 4.98 Å². The largest absolute Gasteiger partial charge is 0.300 e. The highest BCUT2D eigenvalue weighted by molar-refractivity contribution is 6.67. The molecule has 8 heteroatoms. The minimum atomic E-state index is -3.08. The Labute approximate surface area is 93.2 Å². The zero-order valence-corrected chi connectivity index (χ0v) is 8.66. The second-order valence-electron chi connectivity index (χ2n) is 2.86. The molecule has 0 saturated carbocycles. The summed E-state index contributed by atoms with van der Waals surface area (Å²) >= 11 is 5.13. The normalized spacial score (nSPS) is 10.6. The van der Waals surface area contributed by atoms with E-state index in [4.69, 9.17) is 11.6 Å². The number of rotatable bonds is 3. The SMILES string of the molecule is Cc1c(C(=O)Cl)cnc(C(F)F)c1[N+](=O)[O-]. The van der Waals surface area contributed by atoms with Gasteiger partial charge in [0.25, 0.3) is 17.4 Å². The van der Waals surface area contributed by atoms with Gasteiger partial charge in [-0.2, -0.15) is 0 Å². The minimum absolute atomic E-state index is 0.213. The lowest BCUT2D eigenvalue weighted by atomic mass is 10.1. The molecule has 1 heterocycles. The van der Waals surface area contributed by atoms with Crippen molar-refractivity contribution in [3.8, 4) is 0 Å². The lowest BCUT2D eigenvalue weighted by molar-refractivity contribution is -0.387. The van der Waals surface area contributed by atoms with Crippen molar-refractivity contribution in [2.75, 3.05) is 0 Å². The minimum Gasteiger partial charge on any atom is -0.276 e. The van der Waals surface area contributed by atoms with Gasteiger partial charge in [-0.1, -0.05) is 0 Å². The average molecular weight is 251 g/mol. The Morgan fingerprint density at radius 3 is 2.56 bits per heavy atom. The third-order valence-electron chi connectivity index (χ3n) is 1.94. The predicted octanol–water partition coefficient (Wildman–Crippen LogP) is 2.61. The predicted molar refractivity (Wildman–Crippen MR) is 50.8 cm³/mol. The molecule has 0 aliphatic rings. The van der Waals surface area contributed by atoms with Crippen LogP contribution in [0.2, 0.25) is 0 Å². The molecule has 0 saturated heterocycles. The third-order valence-corrected chi connectivity index (χ3v) is 2.14. The fraction of sp³-hybridized carbons (Fsp3) is 0.250. The van der Waals surface area contributed by atoms with Crippen LogP contribution in [-0.4, -0.2) is 15.1 Å². The third kappa shape index (κ3) is 2.13. The lowest BCUT2D eigenvalue weighted by Crippen LogP contribution is -2.06. The highest BCUT2D eigenvalue weighted by atomic mass is 35.5. The Morgan fingerprint density at radius 2 is 2.19 bits per heavy atom. The van der Waals surface area contributed by atoms with Crippen LogP contribution >= 0.6 is 11.6 Å². The topological polar surface area (TPSA) is 73.1 Å². The van der Waals surface area contributed by atoms with E-state index in [1.54, 1.807) is 0 Å². The zero-order valence-electron chi connectivity index (χ0n) is 7.91. The number of halogens is 3. The summed E-state index contributed by atoms with van der Waals surface area (Å²) in [5.41, 5.74) is -2.31. The Kier molecular flexibility index (Phi) is 3.48. The quantitative estimate of drug-likeness (QED) is 0.469. The molecule has 1 rings (SSSR count). The van der Waals surface area contributed by atoms with E-state index in [2.05, 4.69) is 4.98 Å². The molecule has 0 spiro atoms. The Bertz CT molecular complexity index is 465. The van der Waals surface area contributed by atoms with Crippen molar-refractivity contribution in [2.45, 2.75) is 13.3 Å². The summed E-state index contributed by atoms with van der Waals surface area (Å²) in [6.07, 6.45) is -2.28. The van der Waals surface area contributed by atoms with Crippen LogP contribution in [0.4, 0.5) is 14.5 Å². The number of carbonyl (C=O) groups excluding carboxylic acids is 1. The van der Waals surface area contributed by atoms with E-state index in [-0.39, 0.29) is 11.1 Å². The van der Waals surface area contributed by atoms with Crippen molar-refractivity contribution < 1.29 is 18.5 Å². The van der Waals surface area contributed by atoms with Crippen molar-refractivity contribution in [2.24, 2.45) is 0 Å². The van der Waals surface area contributed by atoms with Crippen molar-refractivity contribution >= 4 is 22.5 Å². The first-order valence-electron chi connectivity index (χ1n) is 3.98. The van der Waals surface area contributed by atoms with Gasteiger partial charge in [0.2, 0.25) is 0 Å². The average Bonchev–Trinajstić information content (AvgIpc) is 2.15. The molecule has 0 N–H and O–H groups in total. The van der Waals surface area contributed by atoms with Gasteiger partial charge in [-0.25, -0.2) is 13.8 Å². The van der Waals surface area contributed by atoms with E-state index >= 15 is 0 Å². The van der Waals surface area contributed by atoms with Crippen LogP contribution in [0.1, 0.15) is 28.0 Å². The molecule has 1 aromatic rings. The summed E-state index contributed by atoms with van der Waals surface area (Å²) in [5, 5.41) is 9.62. The summed E-state index contributed by atoms with van der Waals surface area (Å²) < 4.78 is 24.8. The smallest absolute Gasteiger partial charge is 0.276 e. The molecule has 86 valence electrons. The standard InChI is InChI=1S/C8H5ClF2N2O3/c1-3-4(7(9)14)2-12-5(8(10)11)6(3)13(15)16/h2,8H,1H3. The van der Waals surface area contributed by atoms with E-state index in [0.29, 0.717) is 0 Å². The number of hydrogen-bond donors (Lipinski definition) is 0. The van der Waals surface area contributed by atoms with E-state index in [1.807, 2.05) is 0 Å².